The van der Waals surface area contributed by atoms with Crippen molar-refractivity contribution in [3.05, 3.63) is 54.2 Å². The number of para-hydroxylation sites is 1. The number of nitrogens with one attached hydrogen (secondary N) is 2. The predicted octanol–water partition coefficient (Wildman–Crippen LogP) is 2.13. The number of nitrogens with zero attached hydrogens (tertiary/aromatic N) is 2. The number of fused-ring (bicyclic) bond motifs is 1. The summed E-state index contributed by atoms with van der Waals surface area (Å²) in [6, 6.07) is 12.1. The van der Waals surface area contributed by atoms with Gasteiger partial charge in [0.05, 0.1) is 10.4 Å². The van der Waals surface area contributed by atoms with E-state index >= 15 is 0 Å². The standard InChI is InChI=1S/C17H19N5O2S/c1-2-19-10-12-4-3-5-13-11-20-17(22-16(12)13)21-14-6-8-15(9-7-14)25(18,23)24/h3-9,11,19H,2,10H2,1H3,(H2,18,23,24)(H,20,21,22). The number of nitrogens with two attached hydrogens (primary N) is 1. The lowest BCUT2D eigenvalue weighted by Gasteiger charge is -2.09. The molecule has 8 heteroatoms. The quantitative estimate of drug-likeness (QED) is 0.623. The van der Waals surface area contributed by atoms with Crippen molar-refractivity contribution in [2.45, 2.75) is 18.4 Å². The molecule has 130 valence electrons. The maximum Gasteiger partial charge on any atom is 0.238 e. The molecular formula is C17H19N5O2S. The van der Waals surface area contributed by atoms with Crippen LogP contribution in [0.2, 0.25) is 0 Å². The van der Waals surface area contributed by atoms with Crippen LogP contribution in [0.4, 0.5) is 11.6 Å². The maximum absolute atomic E-state index is 11.3. The summed E-state index contributed by atoms with van der Waals surface area (Å²) in [7, 11) is -3.70. The molecule has 0 saturated carbocycles. The van der Waals surface area contributed by atoms with Crippen LogP contribution >= 0.6 is 0 Å². The summed E-state index contributed by atoms with van der Waals surface area (Å²) in [6.45, 7) is 3.66. The van der Waals surface area contributed by atoms with Crippen LogP contribution in [0, 0.1) is 0 Å². The Balaban J connectivity index is 1.88. The molecule has 2 aromatic carbocycles. The second kappa shape index (κ2) is 7.14. The Morgan fingerprint density at radius 1 is 1.12 bits per heavy atom. The van der Waals surface area contributed by atoms with E-state index in [1.165, 1.54) is 12.1 Å². The lowest BCUT2D eigenvalue weighted by molar-refractivity contribution is 0.598. The fraction of sp³-hybridized carbons (Fsp3) is 0.176. The maximum atomic E-state index is 11.3. The van der Waals surface area contributed by atoms with Gasteiger partial charge in [-0.1, -0.05) is 25.1 Å². The molecule has 3 rings (SSSR count). The highest BCUT2D eigenvalue weighted by Gasteiger charge is 2.08. The molecule has 1 aromatic heterocycles. The van der Waals surface area contributed by atoms with Gasteiger partial charge in [0.25, 0.3) is 0 Å². The Kier molecular flexibility index (Phi) is 4.93. The molecule has 0 bridgehead atoms. The average Bonchev–Trinajstić information content (AvgIpc) is 2.59. The van der Waals surface area contributed by atoms with Crippen LogP contribution in [-0.4, -0.2) is 24.9 Å². The lowest BCUT2D eigenvalue weighted by Crippen LogP contribution is -2.12. The highest BCUT2D eigenvalue weighted by Crippen LogP contribution is 2.20. The topological polar surface area (TPSA) is 110 Å². The highest BCUT2D eigenvalue weighted by atomic mass is 32.2. The van der Waals surface area contributed by atoms with E-state index < -0.39 is 10.0 Å². The number of anilines is 2. The van der Waals surface area contributed by atoms with Crippen LogP contribution in [0.5, 0.6) is 0 Å². The third-order valence-electron chi connectivity index (χ3n) is 3.70. The summed E-state index contributed by atoms with van der Waals surface area (Å²) >= 11 is 0. The van der Waals surface area contributed by atoms with E-state index in [4.69, 9.17) is 5.14 Å². The van der Waals surface area contributed by atoms with E-state index in [0.29, 0.717) is 11.6 Å². The van der Waals surface area contributed by atoms with Gasteiger partial charge in [-0.25, -0.2) is 23.5 Å². The van der Waals surface area contributed by atoms with Gasteiger partial charge in [-0.2, -0.15) is 0 Å². The molecule has 0 unspecified atom stereocenters. The van der Waals surface area contributed by atoms with Crippen LogP contribution in [0.25, 0.3) is 10.9 Å². The van der Waals surface area contributed by atoms with Crippen molar-refractivity contribution in [3.8, 4) is 0 Å². The number of hydrogen-bond donors (Lipinski definition) is 3. The van der Waals surface area contributed by atoms with Crippen molar-refractivity contribution in [1.29, 1.82) is 0 Å². The number of sulfonamides is 1. The third kappa shape index (κ3) is 4.11. The molecule has 0 saturated heterocycles. The van der Waals surface area contributed by atoms with E-state index in [-0.39, 0.29) is 4.90 Å². The fourth-order valence-electron chi connectivity index (χ4n) is 2.44. The minimum atomic E-state index is -3.70. The van der Waals surface area contributed by atoms with Crippen LogP contribution in [0.1, 0.15) is 12.5 Å². The number of primary sulfonamides is 1. The van der Waals surface area contributed by atoms with Gasteiger partial charge in [-0.05, 0) is 36.4 Å². The first-order valence-corrected chi connectivity index (χ1v) is 9.37. The molecule has 0 atom stereocenters. The Morgan fingerprint density at radius 3 is 2.56 bits per heavy atom. The Bertz CT molecular complexity index is 988. The van der Waals surface area contributed by atoms with Crippen molar-refractivity contribution < 1.29 is 8.42 Å². The van der Waals surface area contributed by atoms with Gasteiger partial charge < -0.3 is 10.6 Å². The van der Waals surface area contributed by atoms with E-state index in [0.717, 1.165) is 29.6 Å². The zero-order chi connectivity index (χ0) is 17.9. The van der Waals surface area contributed by atoms with Crippen molar-refractivity contribution in [3.63, 3.8) is 0 Å². The van der Waals surface area contributed by atoms with Crippen LogP contribution in [0.3, 0.4) is 0 Å². The molecular weight excluding hydrogens is 338 g/mol. The zero-order valence-electron chi connectivity index (χ0n) is 13.7. The summed E-state index contributed by atoms with van der Waals surface area (Å²) in [6.07, 6.45) is 1.76. The normalized spacial score (nSPS) is 11.6. The number of rotatable bonds is 6. The van der Waals surface area contributed by atoms with E-state index in [9.17, 15) is 8.42 Å². The first-order chi connectivity index (χ1) is 12.0. The van der Waals surface area contributed by atoms with Gasteiger partial charge >= 0.3 is 0 Å². The zero-order valence-corrected chi connectivity index (χ0v) is 14.5. The van der Waals surface area contributed by atoms with Crippen molar-refractivity contribution in [2.75, 3.05) is 11.9 Å². The van der Waals surface area contributed by atoms with Crippen LogP contribution < -0.4 is 15.8 Å². The minimum Gasteiger partial charge on any atom is -0.324 e. The predicted molar refractivity (Wildman–Crippen MR) is 98.0 cm³/mol. The number of benzene rings is 2. The van der Waals surface area contributed by atoms with Gasteiger partial charge in [-0.3, -0.25) is 0 Å². The van der Waals surface area contributed by atoms with Gasteiger partial charge in [0.2, 0.25) is 16.0 Å². The molecule has 25 heavy (non-hydrogen) atoms. The summed E-state index contributed by atoms with van der Waals surface area (Å²) in [5.74, 6) is 0.444. The van der Waals surface area contributed by atoms with Gasteiger partial charge in [-0.15, -0.1) is 0 Å². The second-order valence-corrected chi connectivity index (χ2v) is 7.08. The first-order valence-electron chi connectivity index (χ1n) is 7.82. The Hall–Kier alpha value is -2.55. The van der Waals surface area contributed by atoms with Crippen molar-refractivity contribution in [1.82, 2.24) is 15.3 Å². The summed E-state index contributed by atoms with van der Waals surface area (Å²) < 4.78 is 22.6. The van der Waals surface area contributed by atoms with E-state index in [1.54, 1.807) is 18.3 Å². The summed E-state index contributed by atoms with van der Waals surface area (Å²) in [5, 5.41) is 12.4. The number of aromatic nitrogens is 2. The Morgan fingerprint density at radius 2 is 1.88 bits per heavy atom. The lowest BCUT2D eigenvalue weighted by atomic mass is 10.1. The molecule has 0 aliphatic carbocycles. The summed E-state index contributed by atoms with van der Waals surface area (Å²) in [4.78, 5) is 8.96. The summed E-state index contributed by atoms with van der Waals surface area (Å²) in [5.41, 5.74) is 2.65. The highest BCUT2D eigenvalue weighted by molar-refractivity contribution is 7.89. The Labute approximate surface area is 146 Å². The first kappa shape index (κ1) is 17.3. The smallest absolute Gasteiger partial charge is 0.238 e. The molecule has 1 heterocycles. The van der Waals surface area contributed by atoms with Gasteiger partial charge in [0, 0.05) is 23.8 Å². The monoisotopic (exact) mass is 357 g/mol. The van der Waals surface area contributed by atoms with Crippen LogP contribution in [0.15, 0.2) is 53.6 Å². The van der Waals surface area contributed by atoms with Crippen molar-refractivity contribution in [2.24, 2.45) is 5.14 Å². The van der Waals surface area contributed by atoms with Gasteiger partial charge in [0.1, 0.15) is 0 Å². The third-order valence-corrected chi connectivity index (χ3v) is 4.63. The minimum absolute atomic E-state index is 0.0606. The number of hydrogen-bond acceptors (Lipinski definition) is 6. The molecule has 0 radical (unpaired) electrons. The molecule has 4 N–H and O–H groups in total. The second-order valence-electron chi connectivity index (χ2n) is 5.52. The van der Waals surface area contributed by atoms with E-state index in [2.05, 4.69) is 27.5 Å². The molecule has 3 aromatic rings. The molecule has 0 fully saturated rings. The molecule has 0 amide bonds. The SMILES string of the molecule is CCNCc1cccc2cnc(Nc3ccc(S(N)(=O)=O)cc3)nc12. The molecule has 0 aliphatic heterocycles. The molecule has 0 aliphatic rings. The van der Waals surface area contributed by atoms with Crippen LogP contribution in [-0.2, 0) is 16.6 Å². The average molecular weight is 357 g/mol. The largest absolute Gasteiger partial charge is 0.324 e. The molecule has 0 spiro atoms. The van der Waals surface area contributed by atoms with Crippen molar-refractivity contribution >= 4 is 32.6 Å². The van der Waals surface area contributed by atoms with E-state index in [1.807, 2.05) is 18.2 Å². The van der Waals surface area contributed by atoms with Gasteiger partial charge in [0.15, 0.2) is 0 Å². The fourth-order valence-corrected chi connectivity index (χ4v) is 2.95. The molecule has 7 nitrogen and oxygen atoms in total.